The monoisotopic (exact) mass is 369 g/mol. The van der Waals surface area contributed by atoms with Crippen LogP contribution in [-0.2, 0) is 19.1 Å². The van der Waals surface area contributed by atoms with Gasteiger partial charge in [0, 0.05) is 6.08 Å². The second-order valence-corrected chi connectivity index (χ2v) is 5.33. The number of benzene rings is 1. The number of alkyl carbamates (subject to hydrolysis) is 1. The molecule has 1 aromatic carbocycles. The predicted molar refractivity (Wildman–Crippen MR) is 87.6 cm³/mol. The lowest BCUT2D eigenvalue weighted by molar-refractivity contribution is -0.149. The van der Waals surface area contributed by atoms with Crippen molar-refractivity contribution in [2.75, 3.05) is 20.3 Å². The summed E-state index contributed by atoms with van der Waals surface area (Å²) in [5.41, 5.74) is 0.595. The summed E-state index contributed by atoms with van der Waals surface area (Å²) in [5, 5.41) is 2.26. The largest absolute Gasteiger partial charge is 0.486 e. The Hall–Kier alpha value is -2.74. The highest BCUT2D eigenvalue weighted by atomic mass is 35.5. The molecule has 1 aliphatic heterocycles. The van der Waals surface area contributed by atoms with Gasteiger partial charge in [-0.1, -0.05) is 11.6 Å². The zero-order valence-electron chi connectivity index (χ0n) is 13.5. The van der Waals surface area contributed by atoms with Crippen LogP contribution in [0.15, 0.2) is 18.2 Å². The molecular formula is C16H16ClNO7. The SMILES string of the molecule is COC(=O)NC(=O)[C@@H](C)OC(=O)/C=C/c1cc(Cl)c2c(c1)OCCO2. The van der Waals surface area contributed by atoms with Crippen LogP contribution in [0, 0.1) is 0 Å². The first-order chi connectivity index (χ1) is 11.9. The van der Waals surface area contributed by atoms with Crippen LogP contribution < -0.4 is 14.8 Å². The smallest absolute Gasteiger partial charge is 0.413 e. The second kappa shape index (κ2) is 8.39. The summed E-state index contributed by atoms with van der Waals surface area (Å²) in [6, 6.07) is 3.27. The minimum absolute atomic E-state index is 0.357. The summed E-state index contributed by atoms with van der Waals surface area (Å²) >= 11 is 6.10. The first kappa shape index (κ1) is 18.6. The number of ether oxygens (including phenoxy) is 4. The van der Waals surface area contributed by atoms with Gasteiger partial charge in [0.05, 0.1) is 12.1 Å². The van der Waals surface area contributed by atoms with Crippen LogP contribution >= 0.6 is 11.6 Å². The number of nitrogens with one attached hydrogen (secondary N) is 1. The van der Waals surface area contributed by atoms with E-state index in [0.29, 0.717) is 35.3 Å². The van der Waals surface area contributed by atoms with Crippen LogP contribution in [0.2, 0.25) is 5.02 Å². The molecule has 0 fully saturated rings. The van der Waals surface area contributed by atoms with E-state index in [1.54, 1.807) is 12.1 Å². The van der Waals surface area contributed by atoms with Gasteiger partial charge in [-0.05, 0) is 30.7 Å². The van der Waals surface area contributed by atoms with Crippen LogP contribution in [-0.4, -0.2) is 44.4 Å². The number of carbonyl (C=O) groups excluding carboxylic acids is 3. The Kier molecular flexibility index (Phi) is 6.24. The fourth-order valence-corrected chi connectivity index (χ4v) is 2.19. The Morgan fingerprint density at radius 1 is 1.28 bits per heavy atom. The molecule has 25 heavy (non-hydrogen) atoms. The van der Waals surface area contributed by atoms with Crippen molar-refractivity contribution < 1.29 is 33.3 Å². The van der Waals surface area contributed by atoms with Gasteiger partial charge in [0.2, 0.25) is 0 Å². The van der Waals surface area contributed by atoms with Crippen LogP contribution in [0.4, 0.5) is 4.79 Å². The molecule has 1 heterocycles. The molecule has 1 atom stereocenters. The zero-order valence-corrected chi connectivity index (χ0v) is 14.3. The topological polar surface area (TPSA) is 100 Å². The standard InChI is InChI=1S/C16H16ClNO7/c1-9(15(20)18-16(21)22-2)25-13(19)4-3-10-7-11(17)14-12(8-10)23-5-6-24-14/h3-4,7-9H,5-6H2,1-2H3,(H,18,20,21)/b4-3+/t9-/m1/s1. The summed E-state index contributed by atoms with van der Waals surface area (Å²) < 4.78 is 20.0. The average Bonchev–Trinajstić information content (AvgIpc) is 2.59. The Bertz CT molecular complexity index is 717. The summed E-state index contributed by atoms with van der Waals surface area (Å²) in [6.45, 7) is 2.15. The maximum Gasteiger partial charge on any atom is 0.413 e. The molecule has 0 bridgehead atoms. The van der Waals surface area contributed by atoms with Crippen molar-refractivity contribution in [3.63, 3.8) is 0 Å². The molecular weight excluding hydrogens is 354 g/mol. The molecule has 9 heteroatoms. The summed E-state index contributed by atoms with van der Waals surface area (Å²) in [7, 11) is 1.11. The van der Waals surface area contributed by atoms with Crippen molar-refractivity contribution in [2.24, 2.45) is 0 Å². The van der Waals surface area contributed by atoms with E-state index in [2.05, 4.69) is 4.74 Å². The number of imide groups is 1. The maximum atomic E-state index is 11.8. The number of halogens is 1. The number of fused-ring (bicyclic) bond motifs is 1. The van der Waals surface area contributed by atoms with Crippen molar-refractivity contribution in [1.29, 1.82) is 0 Å². The molecule has 0 unspecified atom stereocenters. The van der Waals surface area contributed by atoms with E-state index in [0.717, 1.165) is 13.2 Å². The average molecular weight is 370 g/mol. The molecule has 2 amide bonds. The molecule has 1 aliphatic rings. The van der Waals surface area contributed by atoms with Gasteiger partial charge < -0.3 is 18.9 Å². The van der Waals surface area contributed by atoms with Gasteiger partial charge in [-0.25, -0.2) is 9.59 Å². The molecule has 0 radical (unpaired) electrons. The van der Waals surface area contributed by atoms with Gasteiger partial charge in [0.1, 0.15) is 13.2 Å². The number of hydrogen-bond donors (Lipinski definition) is 1. The molecule has 1 aromatic rings. The third kappa shape index (κ3) is 5.12. The van der Waals surface area contributed by atoms with E-state index in [9.17, 15) is 14.4 Å². The van der Waals surface area contributed by atoms with Crippen LogP contribution in [0.3, 0.4) is 0 Å². The highest BCUT2D eigenvalue weighted by Crippen LogP contribution is 2.38. The minimum atomic E-state index is -1.17. The molecule has 0 saturated carbocycles. The lowest BCUT2D eigenvalue weighted by atomic mass is 10.2. The Balaban J connectivity index is 1.97. The van der Waals surface area contributed by atoms with Gasteiger partial charge in [0.15, 0.2) is 17.6 Å². The van der Waals surface area contributed by atoms with Gasteiger partial charge in [0.25, 0.3) is 5.91 Å². The van der Waals surface area contributed by atoms with Crippen molar-refractivity contribution in [3.8, 4) is 11.5 Å². The number of carbonyl (C=O) groups is 3. The molecule has 0 saturated heterocycles. The van der Waals surface area contributed by atoms with Gasteiger partial charge in [-0.2, -0.15) is 0 Å². The van der Waals surface area contributed by atoms with Gasteiger partial charge in [-0.3, -0.25) is 10.1 Å². The maximum absolute atomic E-state index is 11.8. The lowest BCUT2D eigenvalue weighted by Crippen LogP contribution is -2.39. The van der Waals surface area contributed by atoms with E-state index >= 15 is 0 Å². The van der Waals surface area contributed by atoms with Gasteiger partial charge >= 0.3 is 12.1 Å². The number of rotatable bonds is 4. The van der Waals surface area contributed by atoms with Crippen LogP contribution in [0.25, 0.3) is 6.08 Å². The third-order valence-electron chi connectivity index (χ3n) is 3.10. The van der Waals surface area contributed by atoms with Gasteiger partial charge in [-0.15, -0.1) is 0 Å². The zero-order chi connectivity index (χ0) is 18.4. The summed E-state index contributed by atoms with van der Waals surface area (Å²) in [5.74, 6) is -0.618. The lowest BCUT2D eigenvalue weighted by Gasteiger charge is -2.19. The van der Waals surface area contributed by atoms with Crippen LogP contribution in [0.1, 0.15) is 12.5 Å². The number of esters is 1. The van der Waals surface area contributed by atoms with E-state index < -0.39 is 24.1 Å². The molecule has 2 rings (SSSR count). The summed E-state index contributed by atoms with van der Waals surface area (Å²) in [6.07, 6.45) is 0.482. The Labute approximate surface area is 148 Å². The molecule has 8 nitrogen and oxygen atoms in total. The third-order valence-corrected chi connectivity index (χ3v) is 3.38. The number of hydrogen-bond acceptors (Lipinski definition) is 7. The van der Waals surface area contributed by atoms with Crippen molar-refractivity contribution in [2.45, 2.75) is 13.0 Å². The summed E-state index contributed by atoms with van der Waals surface area (Å²) in [4.78, 5) is 34.3. The van der Waals surface area contributed by atoms with Crippen molar-refractivity contribution >= 4 is 35.6 Å². The van der Waals surface area contributed by atoms with E-state index in [1.165, 1.54) is 13.0 Å². The fraction of sp³-hybridized carbons (Fsp3) is 0.312. The Morgan fingerprint density at radius 2 is 2.00 bits per heavy atom. The van der Waals surface area contributed by atoms with E-state index in [4.69, 9.17) is 25.8 Å². The molecule has 0 aromatic heterocycles. The van der Waals surface area contributed by atoms with E-state index in [1.807, 2.05) is 5.32 Å². The van der Waals surface area contributed by atoms with E-state index in [-0.39, 0.29) is 0 Å². The molecule has 134 valence electrons. The first-order valence-electron chi connectivity index (χ1n) is 7.27. The molecule has 1 N–H and O–H groups in total. The predicted octanol–water partition coefficient (Wildman–Crippen LogP) is 1.94. The normalized spacial score (nSPS) is 13.9. The highest BCUT2D eigenvalue weighted by molar-refractivity contribution is 6.32. The number of methoxy groups -OCH3 is 1. The highest BCUT2D eigenvalue weighted by Gasteiger charge is 2.19. The fourth-order valence-electron chi connectivity index (χ4n) is 1.91. The number of amides is 2. The molecule has 0 spiro atoms. The van der Waals surface area contributed by atoms with Crippen molar-refractivity contribution in [3.05, 3.63) is 28.8 Å². The second-order valence-electron chi connectivity index (χ2n) is 4.92. The van der Waals surface area contributed by atoms with Crippen LogP contribution in [0.5, 0.6) is 11.5 Å². The molecule has 0 aliphatic carbocycles. The van der Waals surface area contributed by atoms with Crippen molar-refractivity contribution in [1.82, 2.24) is 5.32 Å². The first-order valence-corrected chi connectivity index (χ1v) is 7.65. The Morgan fingerprint density at radius 3 is 2.72 bits per heavy atom. The quantitative estimate of drug-likeness (QED) is 0.639. The minimum Gasteiger partial charge on any atom is -0.486 e.